The van der Waals surface area contributed by atoms with E-state index in [1.54, 1.807) is 24.3 Å². The Hall–Kier alpha value is -1.85. The van der Waals surface area contributed by atoms with Crippen molar-refractivity contribution in [3.63, 3.8) is 0 Å². The number of hydrogen-bond donors (Lipinski definition) is 0. The van der Waals surface area contributed by atoms with Gasteiger partial charge in [-0.25, -0.2) is 17.1 Å². The number of halogens is 3. The Labute approximate surface area is 173 Å². The van der Waals surface area contributed by atoms with Crippen molar-refractivity contribution in [2.45, 2.75) is 19.0 Å². The van der Waals surface area contributed by atoms with E-state index < -0.39 is 15.8 Å². The van der Waals surface area contributed by atoms with E-state index in [1.165, 1.54) is 22.7 Å². The fourth-order valence-electron chi connectivity index (χ4n) is 3.32. The van der Waals surface area contributed by atoms with E-state index in [1.807, 2.05) is 11.0 Å². The van der Waals surface area contributed by atoms with Gasteiger partial charge in [-0.1, -0.05) is 23.2 Å². The van der Waals surface area contributed by atoms with Gasteiger partial charge in [0.05, 0.1) is 16.8 Å². The van der Waals surface area contributed by atoms with Crippen molar-refractivity contribution in [2.24, 2.45) is 0 Å². The topological polar surface area (TPSA) is 64.4 Å². The molecule has 148 valence electrons. The van der Waals surface area contributed by atoms with E-state index in [9.17, 15) is 12.8 Å². The number of nitrogens with zero attached hydrogens (tertiary/aromatic N) is 3. The zero-order valence-electron chi connectivity index (χ0n) is 15.1. The summed E-state index contributed by atoms with van der Waals surface area (Å²) >= 11 is 12.2. The van der Waals surface area contributed by atoms with Crippen LogP contribution < -0.4 is 4.90 Å². The largest absolute Gasteiger partial charge is 0.363 e. The van der Waals surface area contributed by atoms with Crippen molar-refractivity contribution in [3.05, 3.63) is 63.4 Å². The molecule has 5 nitrogen and oxygen atoms in total. The summed E-state index contributed by atoms with van der Waals surface area (Å²) in [7, 11) is -3.32. The molecule has 0 N–H and O–H groups in total. The molecule has 1 heterocycles. The molecule has 0 unspecified atom stereocenters. The third-order valence-electron chi connectivity index (χ3n) is 4.79. The maximum atomic E-state index is 14.3. The van der Waals surface area contributed by atoms with Gasteiger partial charge in [-0.2, -0.15) is 5.26 Å². The van der Waals surface area contributed by atoms with E-state index in [0.29, 0.717) is 41.3 Å². The molecule has 0 saturated carbocycles. The maximum absolute atomic E-state index is 14.3. The minimum atomic E-state index is -3.32. The third kappa shape index (κ3) is 4.58. The number of sulfonamides is 1. The normalized spacial score (nSPS) is 17.5. The van der Waals surface area contributed by atoms with Crippen LogP contribution in [0, 0.1) is 17.1 Å². The number of anilines is 1. The van der Waals surface area contributed by atoms with E-state index >= 15 is 0 Å². The Bertz CT molecular complexity index is 1040. The van der Waals surface area contributed by atoms with Gasteiger partial charge in [0.25, 0.3) is 0 Å². The molecule has 0 amide bonds. The molecule has 1 fully saturated rings. The smallest absolute Gasteiger partial charge is 0.211 e. The standard InChI is InChI=1S/C19H18Cl2FN3O2S/c1-28(26,27)24-7-6-17(12-24)25(11-14-8-15(20)3-5-19(14)22)16-4-2-13(10-23)18(21)9-16/h2-5,8-9,17H,6-7,11-12H2,1H3/t17-/m0/s1. The van der Waals surface area contributed by atoms with Crippen LogP contribution in [0.25, 0.3) is 0 Å². The van der Waals surface area contributed by atoms with Crippen LogP contribution in [0.5, 0.6) is 0 Å². The summed E-state index contributed by atoms with van der Waals surface area (Å²) in [6.45, 7) is 0.873. The van der Waals surface area contributed by atoms with Gasteiger partial charge >= 0.3 is 0 Å². The number of rotatable bonds is 5. The highest BCUT2D eigenvalue weighted by Crippen LogP contribution is 2.30. The highest BCUT2D eigenvalue weighted by molar-refractivity contribution is 7.88. The molecule has 1 aliphatic rings. The Morgan fingerprint density at radius 1 is 1.29 bits per heavy atom. The molecule has 1 saturated heterocycles. The Kier molecular flexibility index (Phi) is 6.15. The van der Waals surface area contributed by atoms with E-state index in [2.05, 4.69) is 0 Å². The van der Waals surface area contributed by atoms with Gasteiger partial charge in [-0.3, -0.25) is 0 Å². The Morgan fingerprint density at radius 2 is 2.04 bits per heavy atom. The van der Waals surface area contributed by atoms with Gasteiger partial charge in [-0.15, -0.1) is 0 Å². The van der Waals surface area contributed by atoms with Gasteiger partial charge < -0.3 is 4.90 Å². The highest BCUT2D eigenvalue weighted by Gasteiger charge is 2.33. The quantitative estimate of drug-likeness (QED) is 0.701. The summed E-state index contributed by atoms with van der Waals surface area (Å²) in [6.07, 6.45) is 1.77. The first-order valence-corrected chi connectivity index (χ1v) is 11.1. The first kappa shape index (κ1) is 20.9. The van der Waals surface area contributed by atoms with Crippen LogP contribution in [-0.4, -0.2) is 38.1 Å². The van der Waals surface area contributed by atoms with Crippen LogP contribution in [0.2, 0.25) is 10.0 Å². The van der Waals surface area contributed by atoms with E-state index in [-0.39, 0.29) is 17.6 Å². The molecular weight excluding hydrogens is 424 g/mol. The van der Waals surface area contributed by atoms with Crippen molar-refractivity contribution in [2.75, 3.05) is 24.2 Å². The van der Waals surface area contributed by atoms with Crippen LogP contribution in [-0.2, 0) is 16.6 Å². The summed E-state index contributed by atoms with van der Waals surface area (Å²) in [5.41, 5.74) is 1.41. The molecular formula is C19H18Cl2FN3O2S. The van der Waals surface area contributed by atoms with Crippen molar-refractivity contribution >= 4 is 38.9 Å². The predicted octanol–water partition coefficient (Wildman–Crippen LogP) is 4.04. The maximum Gasteiger partial charge on any atom is 0.211 e. The minimum absolute atomic E-state index is 0.169. The van der Waals surface area contributed by atoms with Gasteiger partial charge in [0.15, 0.2) is 0 Å². The molecule has 2 aromatic rings. The third-order valence-corrected chi connectivity index (χ3v) is 6.61. The van der Waals surface area contributed by atoms with Gasteiger partial charge in [0, 0.05) is 41.9 Å². The van der Waals surface area contributed by atoms with Crippen molar-refractivity contribution < 1.29 is 12.8 Å². The summed E-state index contributed by atoms with van der Waals surface area (Å²) in [4.78, 5) is 1.91. The average molecular weight is 442 g/mol. The van der Waals surface area contributed by atoms with Gasteiger partial charge in [0.2, 0.25) is 10.0 Å². The van der Waals surface area contributed by atoms with Crippen molar-refractivity contribution in [1.82, 2.24) is 4.31 Å². The summed E-state index contributed by atoms with van der Waals surface area (Å²) in [5.74, 6) is -0.396. The fraction of sp³-hybridized carbons (Fsp3) is 0.316. The second-order valence-electron chi connectivity index (χ2n) is 6.70. The molecule has 3 rings (SSSR count). The molecule has 9 heteroatoms. The number of hydrogen-bond acceptors (Lipinski definition) is 4. The van der Waals surface area contributed by atoms with Gasteiger partial charge in [0.1, 0.15) is 11.9 Å². The molecule has 28 heavy (non-hydrogen) atoms. The second-order valence-corrected chi connectivity index (χ2v) is 9.53. The number of nitriles is 1. The SMILES string of the molecule is CS(=O)(=O)N1CC[C@H](N(Cc2cc(Cl)ccc2F)c2ccc(C#N)c(Cl)c2)C1. The average Bonchev–Trinajstić information content (AvgIpc) is 3.12. The lowest BCUT2D eigenvalue weighted by Gasteiger charge is -2.32. The van der Waals surface area contributed by atoms with Crippen molar-refractivity contribution in [1.29, 1.82) is 5.26 Å². The Morgan fingerprint density at radius 3 is 2.64 bits per heavy atom. The summed E-state index contributed by atoms with van der Waals surface area (Å²) < 4.78 is 39.6. The zero-order valence-corrected chi connectivity index (χ0v) is 17.4. The second kappa shape index (κ2) is 8.26. The summed E-state index contributed by atoms with van der Waals surface area (Å²) in [5, 5.41) is 9.80. The number of benzene rings is 2. The van der Waals surface area contributed by atoms with E-state index in [0.717, 1.165) is 0 Å². The van der Waals surface area contributed by atoms with Crippen LogP contribution >= 0.6 is 23.2 Å². The Balaban J connectivity index is 1.98. The molecule has 1 atom stereocenters. The molecule has 0 aliphatic carbocycles. The highest BCUT2D eigenvalue weighted by atomic mass is 35.5. The summed E-state index contributed by atoms with van der Waals surface area (Å²) in [6, 6.07) is 11.2. The van der Waals surface area contributed by atoms with Crippen LogP contribution in [0.4, 0.5) is 10.1 Å². The van der Waals surface area contributed by atoms with Crippen LogP contribution in [0.1, 0.15) is 17.5 Å². The minimum Gasteiger partial charge on any atom is -0.363 e. The zero-order chi connectivity index (χ0) is 20.5. The van der Waals surface area contributed by atoms with E-state index in [4.69, 9.17) is 28.5 Å². The monoisotopic (exact) mass is 441 g/mol. The first-order valence-electron chi connectivity index (χ1n) is 8.54. The van der Waals surface area contributed by atoms with Crippen LogP contribution in [0.3, 0.4) is 0 Å². The lowest BCUT2D eigenvalue weighted by molar-refractivity contribution is 0.472. The fourth-order valence-corrected chi connectivity index (χ4v) is 4.61. The lowest BCUT2D eigenvalue weighted by Crippen LogP contribution is -2.38. The molecule has 0 bridgehead atoms. The molecule has 1 aliphatic heterocycles. The molecule has 0 aromatic heterocycles. The van der Waals surface area contributed by atoms with Gasteiger partial charge in [-0.05, 0) is 42.8 Å². The molecule has 2 aromatic carbocycles. The lowest BCUT2D eigenvalue weighted by atomic mass is 10.1. The molecule has 0 spiro atoms. The van der Waals surface area contributed by atoms with Crippen LogP contribution in [0.15, 0.2) is 36.4 Å². The molecule has 0 radical (unpaired) electrons. The predicted molar refractivity (Wildman–Crippen MR) is 109 cm³/mol. The first-order chi connectivity index (χ1) is 13.2. The van der Waals surface area contributed by atoms with Crippen molar-refractivity contribution in [3.8, 4) is 6.07 Å².